The van der Waals surface area contributed by atoms with E-state index in [9.17, 15) is 0 Å². The molecular weight excluding hydrogens is 212 g/mol. The van der Waals surface area contributed by atoms with Gasteiger partial charge in [-0.25, -0.2) is 0 Å². The summed E-state index contributed by atoms with van der Waals surface area (Å²) in [6.45, 7) is 9.59. The van der Waals surface area contributed by atoms with E-state index in [1.165, 1.54) is 25.9 Å². The topological polar surface area (TPSA) is 39.7 Å². The maximum absolute atomic E-state index is 4.68. The smallest absolute Gasteiger partial charge is 0.191 e. The Morgan fingerprint density at radius 2 is 2.18 bits per heavy atom. The highest BCUT2D eigenvalue weighted by Gasteiger charge is 2.16. The molecule has 0 bridgehead atoms. The molecule has 0 saturated carbocycles. The van der Waals surface area contributed by atoms with Gasteiger partial charge < -0.3 is 15.5 Å². The number of hydrogen-bond donors (Lipinski definition) is 2. The van der Waals surface area contributed by atoms with Gasteiger partial charge in [0.2, 0.25) is 0 Å². The van der Waals surface area contributed by atoms with Crippen LogP contribution in [0.5, 0.6) is 0 Å². The Hall–Kier alpha value is -0.770. The second-order valence-corrected chi connectivity index (χ2v) is 4.92. The number of nitrogens with one attached hydrogen (secondary N) is 2. The van der Waals surface area contributed by atoms with Gasteiger partial charge in [0.1, 0.15) is 0 Å². The highest BCUT2D eigenvalue weighted by Crippen LogP contribution is 2.14. The van der Waals surface area contributed by atoms with Crippen LogP contribution < -0.4 is 10.6 Å². The van der Waals surface area contributed by atoms with Crippen LogP contribution in [0.2, 0.25) is 0 Å². The van der Waals surface area contributed by atoms with Gasteiger partial charge in [0.05, 0.1) is 0 Å². The second-order valence-electron chi connectivity index (χ2n) is 4.92. The number of nitrogens with zero attached hydrogens (tertiary/aromatic N) is 2. The van der Waals surface area contributed by atoms with Gasteiger partial charge in [0.15, 0.2) is 5.96 Å². The fourth-order valence-corrected chi connectivity index (χ4v) is 2.23. The minimum absolute atomic E-state index is 0.728. The molecule has 0 radical (unpaired) electrons. The molecule has 1 aliphatic rings. The first-order chi connectivity index (χ1) is 8.26. The third-order valence-corrected chi connectivity index (χ3v) is 3.12. The van der Waals surface area contributed by atoms with E-state index < -0.39 is 0 Å². The van der Waals surface area contributed by atoms with Gasteiger partial charge in [-0.1, -0.05) is 6.92 Å². The van der Waals surface area contributed by atoms with Crippen LogP contribution in [0.1, 0.15) is 33.1 Å². The zero-order valence-electron chi connectivity index (χ0n) is 11.6. The van der Waals surface area contributed by atoms with E-state index in [2.05, 4.69) is 41.4 Å². The monoisotopic (exact) mass is 240 g/mol. The van der Waals surface area contributed by atoms with Crippen molar-refractivity contribution in [3.8, 4) is 0 Å². The summed E-state index contributed by atoms with van der Waals surface area (Å²) in [7, 11) is 2.20. The third-order valence-electron chi connectivity index (χ3n) is 3.12. The highest BCUT2D eigenvalue weighted by molar-refractivity contribution is 5.79. The number of aliphatic imine (C=N–C) groups is 1. The lowest BCUT2D eigenvalue weighted by atomic mass is 9.99. The second kappa shape index (κ2) is 8.34. The summed E-state index contributed by atoms with van der Waals surface area (Å²) >= 11 is 0. The van der Waals surface area contributed by atoms with E-state index in [1.807, 2.05) is 0 Å². The summed E-state index contributed by atoms with van der Waals surface area (Å²) in [5.41, 5.74) is 0. The van der Waals surface area contributed by atoms with Crippen molar-refractivity contribution in [2.75, 3.05) is 39.8 Å². The Kier molecular flexibility index (Phi) is 7.01. The van der Waals surface area contributed by atoms with Crippen molar-refractivity contribution in [1.29, 1.82) is 0 Å². The van der Waals surface area contributed by atoms with E-state index in [-0.39, 0.29) is 0 Å². The minimum atomic E-state index is 0.728. The van der Waals surface area contributed by atoms with Gasteiger partial charge >= 0.3 is 0 Å². The van der Waals surface area contributed by atoms with Crippen LogP contribution in [0.15, 0.2) is 4.99 Å². The van der Waals surface area contributed by atoms with Crippen LogP contribution in [0.3, 0.4) is 0 Å². The Morgan fingerprint density at radius 3 is 2.82 bits per heavy atom. The molecule has 0 amide bonds. The zero-order valence-corrected chi connectivity index (χ0v) is 11.6. The molecular formula is C13H28N4. The molecule has 4 heteroatoms. The fraction of sp³-hybridized carbons (Fsp3) is 0.923. The summed E-state index contributed by atoms with van der Waals surface area (Å²) in [6.07, 6.45) is 3.77. The average molecular weight is 240 g/mol. The quantitative estimate of drug-likeness (QED) is 0.562. The first-order valence-corrected chi connectivity index (χ1v) is 6.97. The molecule has 4 nitrogen and oxygen atoms in total. The van der Waals surface area contributed by atoms with Crippen molar-refractivity contribution in [2.24, 2.45) is 10.9 Å². The van der Waals surface area contributed by atoms with Crippen LogP contribution >= 0.6 is 0 Å². The van der Waals surface area contributed by atoms with Gasteiger partial charge in [0.25, 0.3) is 0 Å². The number of likely N-dealkylation sites (tertiary alicyclic amines) is 1. The molecule has 0 aromatic heterocycles. The highest BCUT2D eigenvalue weighted by atomic mass is 15.2. The lowest BCUT2D eigenvalue weighted by Crippen LogP contribution is -2.39. The summed E-state index contributed by atoms with van der Waals surface area (Å²) in [5.74, 6) is 1.70. The van der Waals surface area contributed by atoms with Crippen molar-refractivity contribution >= 4 is 5.96 Å². The fourth-order valence-electron chi connectivity index (χ4n) is 2.23. The van der Waals surface area contributed by atoms with Crippen molar-refractivity contribution < 1.29 is 0 Å². The lowest BCUT2D eigenvalue weighted by molar-refractivity contribution is 0.214. The molecule has 0 aliphatic carbocycles. The average Bonchev–Trinajstić information content (AvgIpc) is 2.33. The van der Waals surface area contributed by atoms with E-state index in [0.717, 1.165) is 37.9 Å². The SMILES string of the molecule is CCCNC(=NCC1CCCN(C)C1)NCC. The molecule has 1 fully saturated rings. The predicted octanol–water partition coefficient (Wildman–Crippen LogP) is 1.29. The van der Waals surface area contributed by atoms with Gasteiger partial charge in [-0.15, -0.1) is 0 Å². The first kappa shape index (κ1) is 14.3. The normalized spacial score (nSPS) is 22.5. The minimum Gasteiger partial charge on any atom is -0.357 e. The maximum atomic E-state index is 4.68. The standard InChI is InChI=1S/C13H28N4/c1-4-8-15-13(14-5-2)16-10-12-7-6-9-17(3)11-12/h12H,4-11H2,1-3H3,(H2,14,15,16). The summed E-state index contributed by atoms with van der Waals surface area (Å²) in [6, 6.07) is 0. The molecule has 0 aromatic carbocycles. The molecule has 2 N–H and O–H groups in total. The van der Waals surface area contributed by atoms with Crippen molar-refractivity contribution in [2.45, 2.75) is 33.1 Å². The Labute approximate surface area is 106 Å². The Balaban J connectivity index is 2.35. The van der Waals surface area contributed by atoms with Gasteiger partial charge in [0, 0.05) is 26.2 Å². The van der Waals surface area contributed by atoms with Crippen molar-refractivity contribution in [1.82, 2.24) is 15.5 Å². The van der Waals surface area contributed by atoms with Gasteiger partial charge in [-0.05, 0) is 45.7 Å². The summed E-state index contributed by atoms with van der Waals surface area (Å²) < 4.78 is 0. The molecule has 1 unspecified atom stereocenters. The van der Waals surface area contributed by atoms with Crippen molar-refractivity contribution in [3.05, 3.63) is 0 Å². The Bertz CT molecular complexity index is 227. The van der Waals surface area contributed by atoms with Crippen LogP contribution in [0, 0.1) is 5.92 Å². The molecule has 1 aliphatic heterocycles. The van der Waals surface area contributed by atoms with Gasteiger partial charge in [-0.2, -0.15) is 0 Å². The predicted molar refractivity (Wildman–Crippen MR) is 74.5 cm³/mol. The van der Waals surface area contributed by atoms with E-state index in [0.29, 0.717) is 0 Å². The molecule has 0 spiro atoms. The van der Waals surface area contributed by atoms with E-state index >= 15 is 0 Å². The summed E-state index contributed by atoms with van der Waals surface area (Å²) in [5, 5.41) is 6.64. The summed E-state index contributed by atoms with van der Waals surface area (Å²) in [4.78, 5) is 7.09. The number of piperidine rings is 1. The number of hydrogen-bond acceptors (Lipinski definition) is 2. The van der Waals surface area contributed by atoms with E-state index in [1.54, 1.807) is 0 Å². The van der Waals surface area contributed by atoms with Crippen LogP contribution in [0.4, 0.5) is 0 Å². The molecule has 0 aromatic rings. The maximum Gasteiger partial charge on any atom is 0.191 e. The number of rotatable bonds is 5. The molecule has 1 heterocycles. The zero-order chi connectivity index (χ0) is 12.5. The molecule has 1 saturated heterocycles. The third kappa shape index (κ3) is 5.91. The Morgan fingerprint density at radius 1 is 1.35 bits per heavy atom. The first-order valence-electron chi connectivity index (χ1n) is 6.97. The van der Waals surface area contributed by atoms with E-state index in [4.69, 9.17) is 0 Å². The van der Waals surface area contributed by atoms with Gasteiger partial charge in [-0.3, -0.25) is 4.99 Å². The molecule has 17 heavy (non-hydrogen) atoms. The van der Waals surface area contributed by atoms with Crippen molar-refractivity contribution in [3.63, 3.8) is 0 Å². The van der Waals surface area contributed by atoms with Crippen LogP contribution in [-0.4, -0.2) is 50.6 Å². The molecule has 1 atom stereocenters. The van der Waals surface area contributed by atoms with Crippen LogP contribution in [-0.2, 0) is 0 Å². The van der Waals surface area contributed by atoms with Crippen LogP contribution in [0.25, 0.3) is 0 Å². The molecule has 1 rings (SSSR count). The largest absolute Gasteiger partial charge is 0.357 e. The molecule has 100 valence electrons. The number of guanidine groups is 1. The lowest BCUT2D eigenvalue weighted by Gasteiger charge is -2.28.